The van der Waals surface area contributed by atoms with Crippen molar-refractivity contribution in [1.82, 2.24) is 14.3 Å². The van der Waals surface area contributed by atoms with Crippen LogP contribution in [-0.4, -0.2) is 46.0 Å². The van der Waals surface area contributed by atoms with Crippen LogP contribution in [0.1, 0.15) is 32.4 Å². The lowest BCUT2D eigenvalue weighted by molar-refractivity contribution is -0.136. The van der Waals surface area contributed by atoms with Crippen molar-refractivity contribution in [2.24, 2.45) is 5.92 Å². The summed E-state index contributed by atoms with van der Waals surface area (Å²) in [6.45, 7) is 6.16. The average Bonchev–Trinajstić information content (AvgIpc) is 3.43. The molecule has 0 bridgehead atoms. The number of hydrogen-bond acceptors (Lipinski definition) is 4. The van der Waals surface area contributed by atoms with Crippen molar-refractivity contribution in [1.29, 1.82) is 0 Å². The molecule has 1 aliphatic heterocycles. The van der Waals surface area contributed by atoms with Gasteiger partial charge >= 0.3 is 0 Å². The fourth-order valence-corrected chi connectivity index (χ4v) is 4.60. The van der Waals surface area contributed by atoms with Gasteiger partial charge in [0.15, 0.2) is 4.96 Å². The molecule has 3 heterocycles. The molecular formula is C22H27N3O2S. The molecule has 0 radical (unpaired) electrons. The van der Waals surface area contributed by atoms with Crippen molar-refractivity contribution < 1.29 is 9.53 Å². The first-order chi connectivity index (χ1) is 13.6. The zero-order chi connectivity index (χ0) is 19.5. The van der Waals surface area contributed by atoms with E-state index in [9.17, 15) is 4.79 Å². The van der Waals surface area contributed by atoms with E-state index in [0.717, 1.165) is 42.1 Å². The van der Waals surface area contributed by atoms with Crippen LogP contribution in [0.2, 0.25) is 0 Å². The van der Waals surface area contributed by atoms with E-state index in [1.54, 1.807) is 11.3 Å². The first kappa shape index (κ1) is 19.2. The Bertz CT molecular complexity index is 926. The van der Waals surface area contributed by atoms with Gasteiger partial charge in [-0.3, -0.25) is 9.20 Å². The summed E-state index contributed by atoms with van der Waals surface area (Å²) in [4.78, 5) is 20.4. The van der Waals surface area contributed by atoms with Crippen molar-refractivity contribution in [3.05, 3.63) is 47.6 Å². The Balaban J connectivity index is 1.49. The lowest BCUT2D eigenvalue weighted by atomic mass is 10.1. The third kappa shape index (κ3) is 4.13. The van der Waals surface area contributed by atoms with E-state index in [4.69, 9.17) is 9.72 Å². The van der Waals surface area contributed by atoms with E-state index in [1.165, 1.54) is 5.69 Å². The molecule has 28 heavy (non-hydrogen) atoms. The molecule has 3 aromatic rings. The van der Waals surface area contributed by atoms with Gasteiger partial charge < -0.3 is 9.64 Å². The van der Waals surface area contributed by atoms with Crippen molar-refractivity contribution in [3.63, 3.8) is 0 Å². The minimum Gasteiger partial charge on any atom is -0.376 e. The zero-order valence-corrected chi connectivity index (χ0v) is 17.3. The Labute approximate surface area is 170 Å². The fourth-order valence-electron chi connectivity index (χ4n) is 3.70. The van der Waals surface area contributed by atoms with E-state index < -0.39 is 0 Å². The number of thiazole rings is 1. The first-order valence-electron chi connectivity index (χ1n) is 10.0. The van der Waals surface area contributed by atoms with Crippen LogP contribution in [0.3, 0.4) is 0 Å². The van der Waals surface area contributed by atoms with Gasteiger partial charge in [-0.25, -0.2) is 4.98 Å². The third-order valence-corrected chi connectivity index (χ3v) is 6.13. The van der Waals surface area contributed by atoms with Gasteiger partial charge in [-0.05, 0) is 12.8 Å². The molecule has 5 nitrogen and oxygen atoms in total. The maximum Gasteiger partial charge on any atom is 0.225 e. The standard InChI is InChI=1S/C22H27N3O2S/c1-16(2)21(26)24(13-19-9-6-12-27-19)11-10-18-15-28-22-23-20(14-25(18)22)17-7-4-3-5-8-17/h3-5,7-8,14-16,19H,6,9-13H2,1-2H3. The highest BCUT2D eigenvalue weighted by molar-refractivity contribution is 7.15. The predicted molar refractivity (Wildman–Crippen MR) is 113 cm³/mol. The lowest BCUT2D eigenvalue weighted by Gasteiger charge is -2.27. The summed E-state index contributed by atoms with van der Waals surface area (Å²) in [6.07, 6.45) is 5.24. The van der Waals surface area contributed by atoms with E-state index in [-0.39, 0.29) is 17.9 Å². The van der Waals surface area contributed by atoms with Crippen molar-refractivity contribution in [2.45, 2.75) is 39.2 Å². The second-order valence-corrected chi connectivity index (χ2v) is 8.53. The molecule has 1 aromatic carbocycles. The molecule has 0 N–H and O–H groups in total. The molecular weight excluding hydrogens is 370 g/mol. The maximum atomic E-state index is 12.7. The smallest absolute Gasteiger partial charge is 0.225 e. The molecule has 0 saturated carbocycles. The highest BCUT2D eigenvalue weighted by Crippen LogP contribution is 2.24. The fraction of sp³-hybridized carbons (Fsp3) is 0.455. The minimum atomic E-state index is 0.00169. The van der Waals surface area contributed by atoms with Gasteiger partial charge in [0.25, 0.3) is 0 Å². The Hall–Kier alpha value is -2.18. The summed E-state index contributed by atoms with van der Waals surface area (Å²) >= 11 is 1.65. The number of benzene rings is 1. The van der Waals surface area contributed by atoms with Gasteiger partial charge in [0, 0.05) is 54.9 Å². The Morgan fingerprint density at radius 1 is 1.36 bits per heavy atom. The van der Waals surface area contributed by atoms with Crippen LogP contribution in [-0.2, 0) is 16.0 Å². The second kappa shape index (κ2) is 8.45. The van der Waals surface area contributed by atoms with Crippen LogP contribution in [0.15, 0.2) is 41.9 Å². The molecule has 1 unspecified atom stereocenters. The summed E-state index contributed by atoms with van der Waals surface area (Å²) in [5.74, 6) is 0.208. The highest BCUT2D eigenvalue weighted by atomic mass is 32.1. The number of amides is 1. The molecule has 6 heteroatoms. The van der Waals surface area contributed by atoms with Crippen LogP contribution < -0.4 is 0 Å². The number of fused-ring (bicyclic) bond motifs is 1. The van der Waals surface area contributed by atoms with Crippen molar-refractivity contribution >= 4 is 22.2 Å². The molecule has 4 rings (SSSR count). The minimum absolute atomic E-state index is 0.00169. The zero-order valence-electron chi connectivity index (χ0n) is 16.5. The summed E-state index contributed by atoms with van der Waals surface area (Å²) in [6, 6.07) is 10.2. The van der Waals surface area contributed by atoms with Crippen LogP contribution in [0.25, 0.3) is 16.2 Å². The van der Waals surface area contributed by atoms with Gasteiger partial charge in [0.05, 0.1) is 11.8 Å². The molecule has 2 aromatic heterocycles. The largest absolute Gasteiger partial charge is 0.376 e. The predicted octanol–water partition coefficient (Wildman–Crippen LogP) is 4.27. The van der Waals surface area contributed by atoms with E-state index >= 15 is 0 Å². The third-order valence-electron chi connectivity index (χ3n) is 5.24. The Morgan fingerprint density at radius 2 is 2.18 bits per heavy atom. The van der Waals surface area contributed by atoms with Gasteiger partial charge in [-0.2, -0.15) is 0 Å². The van der Waals surface area contributed by atoms with Gasteiger partial charge in [0.1, 0.15) is 0 Å². The number of rotatable bonds is 7. The molecule has 0 aliphatic carbocycles. The average molecular weight is 398 g/mol. The number of imidazole rings is 1. The number of carbonyl (C=O) groups is 1. The van der Waals surface area contributed by atoms with Gasteiger partial charge in [-0.1, -0.05) is 44.2 Å². The lowest BCUT2D eigenvalue weighted by Crippen LogP contribution is -2.41. The van der Waals surface area contributed by atoms with Crippen LogP contribution in [0.5, 0.6) is 0 Å². The van der Waals surface area contributed by atoms with E-state index in [1.807, 2.05) is 36.9 Å². The van der Waals surface area contributed by atoms with Gasteiger partial charge in [-0.15, -0.1) is 11.3 Å². The molecule has 1 atom stereocenters. The Kier molecular flexibility index (Phi) is 5.78. The quantitative estimate of drug-likeness (QED) is 0.598. The van der Waals surface area contributed by atoms with Crippen molar-refractivity contribution in [3.8, 4) is 11.3 Å². The van der Waals surface area contributed by atoms with Crippen molar-refractivity contribution in [2.75, 3.05) is 19.7 Å². The maximum absolute atomic E-state index is 12.7. The summed E-state index contributed by atoms with van der Waals surface area (Å²) in [7, 11) is 0. The van der Waals surface area contributed by atoms with E-state index in [2.05, 4.69) is 28.1 Å². The van der Waals surface area contributed by atoms with Gasteiger partial charge in [0.2, 0.25) is 5.91 Å². The number of aromatic nitrogens is 2. The molecule has 1 saturated heterocycles. The second-order valence-electron chi connectivity index (χ2n) is 7.70. The first-order valence-corrected chi connectivity index (χ1v) is 10.9. The SMILES string of the molecule is CC(C)C(=O)N(CCc1csc2nc(-c3ccccc3)cn12)CC1CCCO1. The normalized spacial score (nSPS) is 16.9. The van der Waals surface area contributed by atoms with Crippen LogP contribution in [0.4, 0.5) is 0 Å². The summed E-state index contributed by atoms with van der Waals surface area (Å²) in [5.41, 5.74) is 3.31. The molecule has 148 valence electrons. The highest BCUT2D eigenvalue weighted by Gasteiger charge is 2.24. The summed E-state index contributed by atoms with van der Waals surface area (Å²) in [5, 5.41) is 2.15. The number of carbonyl (C=O) groups excluding carboxylic acids is 1. The van der Waals surface area contributed by atoms with Crippen LogP contribution >= 0.6 is 11.3 Å². The summed E-state index contributed by atoms with van der Waals surface area (Å²) < 4.78 is 7.93. The molecule has 1 fully saturated rings. The number of nitrogens with zero attached hydrogens (tertiary/aromatic N) is 3. The molecule has 0 spiro atoms. The topological polar surface area (TPSA) is 46.8 Å². The van der Waals surface area contributed by atoms with E-state index in [0.29, 0.717) is 13.1 Å². The monoisotopic (exact) mass is 397 g/mol. The molecule has 1 amide bonds. The Morgan fingerprint density at radius 3 is 2.89 bits per heavy atom. The number of ether oxygens (including phenoxy) is 1. The number of hydrogen-bond donors (Lipinski definition) is 0. The van der Waals surface area contributed by atoms with Crippen LogP contribution in [0, 0.1) is 5.92 Å². The molecule has 1 aliphatic rings.